The summed E-state index contributed by atoms with van der Waals surface area (Å²) in [6.45, 7) is 1.31. The van der Waals surface area contributed by atoms with E-state index in [9.17, 15) is 18.0 Å². The number of benzene rings is 1. The lowest BCUT2D eigenvalue weighted by molar-refractivity contribution is -0.160. The fourth-order valence-corrected chi connectivity index (χ4v) is 2.44. The number of hydrogen-bond acceptors (Lipinski definition) is 2. The van der Waals surface area contributed by atoms with Crippen molar-refractivity contribution in [3.8, 4) is 5.75 Å². The Morgan fingerprint density at radius 2 is 2.00 bits per heavy atom. The number of carbonyl (C=O) groups excluding carboxylic acids is 1. The molecule has 21 heavy (non-hydrogen) atoms. The fraction of sp³-hybridized carbons (Fsp3) is 0.533. The topological polar surface area (TPSA) is 29.5 Å². The highest BCUT2D eigenvalue weighted by molar-refractivity contribution is 5.77. The molecule has 1 unspecified atom stereocenters. The standard InChI is InChI=1S/C15H18F3NO2/c16-15(17,18)10-14(20)19-8-6-12(11-19)7-9-21-13-4-2-1-3-5-13/h1-5,12H,6-11H2. The van der Waals surface area contributed by atoms with Crippen molar-refractivity contribution in [3.05, 3.63) is 30.3 Å². The number of rotatable bonds is 5. The Morgan fingerprint density at radius 1 is 1.29 bits per heavy atom. The number of alkyl halides is 3. The van der Waals surface area contributed by atoms with Crippen molar-refractivity contribution in [2.24, 2.45) is 5.92 Å². The van der Waals surface area contributed by atoms with Crippen LogP contribution < -0.4 is 4.74 Å². The molecule has 1 amide bonds. The van der Waals surface area contributed by atoms with Crippen LogP contribution in [0.2, 0.25) is 0 Å². The summed E-state index contributed by atoms with van der Waals surface area (Å²) in [5.41, 5.74) is 0. The summed E-state index contributed by atoms with van der Waals surface area (Å²) in [5.74, 6) is 0.167. The second-order valence-electron chi connectivity index (χ2n) is 5.24. The Kier molecular flexibility index (Phi) is 5.09. The summed E-state index contributed by atoms with van der Waals surface area (Å²) < 4.78 is 42.1. The van der Waals surface area contributed by atoms with E-state index in [4.69, 9.17) is 4.74 Å². The number of nitrogens with zero attached hydrogens (tertiary/aromatic N) is 1. The van der Waals surface area contributed by atoms with Crippen LogP contribution in [0.25, 0.3) is 0 Å². The lowest BCUT2D eigenvalue weighted by atomic mass is 10.1. The van der Waals surface area contributed by atoms with E-state index in [1.807, 2.05) is 30.3 Å². The van der Waals surface area contributed by atoms with Gasteiger partial charge in [0.05, 0.1) is 6.61 Å². The number of halogens is 3. The third-order valence-electron chi connectivity index (χ3n) is 3.53. The van der Waals surface area contributed by atoms with Gasteiger partial charge in [-0.1, -0.05) is 18.2 Å². The van der Waals surface area contributed by atoms with Gasteiger partial charge in [0.25, 0.3) is 0 Å². The van der Waals surface area contributed by atoms with Gasteiger partial charge in [0.1, 0.15) is 12.2 Å². The molecule has 1 saturated heterocycles. The average Bonchev–Trinajstić information content (AvgIpc) is 2.87. The largest absolute Gasteiger partial charge is 0.494 e. The van der Waals surface area contributed by atoms with Gasteiger partial charge >= 0.3 is 6.18 Å². The summed E-state index contributed by atoms with van der Waals surface area (Å²) in [6.07, 6.45) is -4.31. The number of hydrogen-bond donors (Lipinski definition) is 0. The molecule has 2 rings (SSSR count). The molecule has 6 heteroatoms. The maximum atomic E-state index is 12.2. The van der Waals surface area contributed by atoms with E-state index in [1.165, 1.54) is 4.90 Å². The molecule has 0 bridgehead atoms. The van der Waals surface area contributed by atoms with Gasteiger partial charge in [-0.05, 0) is 30.9 Å². The molecule has 1 aromatic rings. The number of likely N-dealkylation sites (tertiary alicyclic amines) is 1. The van der Waals surface area contributed by atoms with Gasteiger partial charge < -0.3 is 9.64 Å². The number of ether oxygens (including phenoxy) is 1. The van der Waals surface area contributed by atoms with Gasteiger partial charge in [0.2, 0.25) is 5.91 Å². The maximum Gasteiger partial charge on any atom is 0.397 e. The maximum absolute atomic E-state index is 12.2. The zero-order chi connectivity index (χ0) is 15.3. The van der Waals surface area contributed by atoms with Crippen molar-refractivity contribution < 1.29 is 22.7 Å². The zero-order valence-electron chi connectivity index (χ0n) is 11.6. The van der Waals surface area contributed by atoms with Crippen LogP contribution in [0.5, 0.6) is 5.75 Å². The van der Waals surface area contributed by atoms with E-state index in [2.05, 4.69) is 0 Å². The van der Waals surface area contributed by atoms with Crippen molar-refractivity contribution >= 4 is 5.91 Å². The van der Waals surface area contributed by atoms with Crippen LogP contribution in [0.1, 0.15) is 19.3 Å². The van der Waals surface area contributed by atoms with E-state index in [-0.39, 0.29) is 5.92 Å². The third kappa shape index (κ3) is 5.28. The monoisotopic (exact) mass is 301 g/mol. The molecular weight excluding hydrogens is 283 g/mol. The van der Waals surface area contributed by atoms with Crippen molar-refractivity contribution in [2.45, 2.75) is 25.4 Å². The van der Waals surface area contributed by atoms with Gasteiger partial charge in [0, 0.05) is 13.1 Å². The summed E-state index contributed by atoms with van der Waals surface area (Å²) in [5, 5.41) is 0. The van der Waals surface area contributed by atoms with Gasteiger partial charge in [-0.15, -0.1) is 0 Å². The predicted molar refractivity (Wildman–Crippen MR) is 71.9 cm³/mol. The Morgan fingerprint density at radius 3 is 2.67 bits per heavy atom. The van der Waals surface area contributed by atoms with Gasteiger partial charge in [-0.25, -0.2) is 0 Å². The smallest absolute Gasteiger partial charge is 0.397 e. The average molecular weight is 301 g/mol. The third-order valence-corrected chi connectivity index (χ3v) is 3.53. The molecule has 1 atom stereocenters. The molecule has 3 nitrogen and oxygen atoms in total. The van der Waals surface area contributed by atoms with E-state index < -0.39 is 18.5 Å². The molecule has 1 aliphatic rings. The van der Waals surface area contributed by atoms with Crippen molar-refractivity contribution in [2.75, 3.05) is 19.7 Å². The highest BCUT2D eigenvalue weighted by atomic mass is 19.4. The Bertz CT molecular complexity index is 462. The lowest BCUT2D eigenvalue weighted by Gasteiger charge is -2.17. The van der Waals surface area contributed by atoms with Crippen molar-refractivity contribution in [1.82, 2.24) is 4.90 Å². The molecule has 0 saturated carbocycles. The first kappa shape index (κ1) is 15.7. The quantitative estimate of drug-likeness (QED) is 0.835. The summed E-state index contributed by atoms with van der Waals surface area (Å²) in [4.78, 5) is 12.8. The van der Waals surface area contributed by atoms with Gasteiger partial charge in [-0.2, -0.15) is 13.2 Å². The molecule has 0 aliphatic carbocycles. The lowest BCUT2D eigenvalue weighted by Crippen LogP contribution is -2.32. The van der Waals surface area contributed by atoms with Crippen LogP contribution in [-0.4, -0.2) is 36.7 Å². The summed E-state index contributed by atoms with van der Waals surface area (Å²) in [6, 6.07) is 9.36. The highest BCUT2D eigenvalue weighted by Crippen LogP contribution is 2.25. The minimum absolute atomic E-state index is 0.214. The van der Waals surface area contributed by atoms with Crippen LogP contribution in [-0.2, 0) is 4.79 Å². The Balaban J connectivity index is 1.69. The molecular formula is C15H18F3NO2. The van der Waals surface area contributed by atoms with E-state index >= 15 is 0 Å². The molecule has 0 N–H and O–H groups in total. The minimum atomic E-state index is -4.43. The zero-order valence-corrected chi connectivity index (χ0v) is 11.6. The van der Waals surface area contributed by atoms with Crippen molar-refractivity contribution in [3.63, 3.8) is 0 Å². The second-order valence-corrected chi connectivity index (χ2v) is 5.24. The minimum Gasteiger partial charge on any atom is -0.494 e. The number of para-hydroxylation sites is 1. The normalized spacial score (nSPS) is 18.8. The van der Waals surface area contributed by atoms with Crippen LogP contribution in [0.4, 0.5) is 13.2 Å². The van der Waals surface area contributed by atoms with Crippen LogP contribution in [0.3, 0.4) is 0 Å². The van der Waals surface area contributed by atoms with Crippen LogP contribution in [0, 0.1) is 5.92 Å². The summed E-state index contributed by atoms with van der Waals surface area (Å²) >= 11 is 0. The molecule has 1 heterocycles. The van der Waals surface area contributed by atoms with E-state index in [1.54, 1.807) is 0 Å². The molecule has 1 aromatic carbocycles. The first-order chi connectivity index (χ1) is 9.94. The molecule has 1 fully saturated rings. The molecule has 0 aromatic heterocycles. The van der Waals surface area contributed by atoms with Crippen LogP contribution >= 0.6 is 0 Å². The fourth-order valence-electron chi connectivity index (χ4n) is 2.44. The number of amides is 1. The molecule has 116 valence electrons. The molecule has 1 aliphatic heterocycles. The Labute approximate surface area is 121 Å². The van der Waals surface area contributed by atoms with E-state index in [0.29, 0.717) is 19.7 Å². The first-order valence-corrected chi connectivity index (χ1v) is 6.96. The first-order valence-electron chi connectivity index (χ1n) is 6.96. The van der Waals surface area contributed by atoms with Gasteiger partial charge in [0.15, 0.2) is 0 Å². The van der Waals surface area contributed by atoms with Gasteiger partial charge in [-0.3, -0.25) is 4.79 Å². The second kappa shape index (κ2) is 6.83. The predicted octanol–water partition coefficient (Wildman–Crippen LogP) is 3.26. The summed E-state index contributed by atoms with van der Waals surface area (Å²) in [7, 11) is 0. The Hall–Kier alpha value is -1.72. The van der Waals surface area contributed by atoms with E-state index in [0.717, 1.165) is 18.6 Å². The van der Waals surface area contributed by atoms with Crippen LogP contribution in [0.15, 0.2) is 30.3 Å². The molecule has 0 radical (unpaired) electrons. The molecule has 0 spiro atoms. The number of carbonyl (C=O) groups is 1. The SMILES string of the molecule is O=C(CC(F)(F)F)N1CCC(CCOc2ccccc2)C1. The highest BCUT2D eigenvalue weighted by Gasteiger charge is 2.35. The van der Waals surface area contributed by atoms with Crippen molar-refractivity contribution in [1.29, 1.82) is 0 Å².